The second-order valence-electron chi connectivity index (χ2n) is 10.5. The SMILES string of the molecule is Cc1cc(C#N)cc(C)c1Oc1cc(-c2ccccc2)nc(NC2CCN(Cc3ccc(S(C)(=O)=O)cc3)CC2)n1. The first-order valence-corrected chi connectivity index (χ1v) is 15.5. The first-order valence-electron chi connectivity index (χ1n) is 13.6. The quantitative estimate of drug-likeness (QED) is 0.280. The molecular weight excluding hydrogens is 534 g/mol. The molecule has 1 fully saturated rings. The van der Waals surface area contributed by atoms with Crippen LogP contribution in [-0.4, -0.2) is 48.7 Å². The number of ether oxygens (including phenoxy) is 1. The van der Waals surface area contributed by atoms with E-state index in [1.54, 1.807) is 12.1 Å². The molecule has 1 aliphatic rings. The Labute approximate surface area is 241 Å². The molecule has 9 heteroatoms. The minimum absolute atomic E-state index is 0.205. The Balaban J connectivity index is 1.30. The third-order valence-electron chi connectivity index (χ3n) is 7.25. The van der Waals surface area contributed by atoms with Crippen LogP contribution in [0.2, 0.25) is 0 Å². The van der Waals surface area contributed by atoms with E-state index in [0.717, 1.165) is 60.4 Å². The van der Waals surface area contributed by atoms with Crippen molar-refractivity contribution < 1.29 is 13.2 Å². The lowest BCUT2D eigenvalue weighted by atomic mass is 10.0. The lowest BCUT2D eigenvalue weighted by molar-refractivity contribution is 0.211. The molecule has 8 nitrogen and oxygen atoms in total. The summed E-state index contributed by atoms with van der Waals surface area (Å²) >= 11 is 0. The number of benzene rings is 3. The first kappa shape index (κ1) is 28.3. The molecule has 0 amide bonds. The molecule has 0 saturated carbocycles. The molecule has 0 bridgehead atoms. The number of aryl methyl sites for hydroxylation is 2. The largest absolute Gasteiger partial charge is 0.438 e. The van der Waals surface area contributed by atoms with Crippen molar-refractivity contribution in [3.05, 3.63) is 95.1 Å². The number of nitrogens with one attached hydrogen (secondary N) is 1. The molecule has 5 rings (SSSR count). The van der Waals surface area contributed by atoms with Crippen molar-refractivity contribution in [2.45, 2.75) is 44.2 Å². The van der Waals surface area contributed by atoms with Crippen molar-refractivity contribution in [2.75, 3.05) is 24.7 Å². The normalized spacial score (nSPS) is 14.4. The zero-order valence-electron chi connectivity index (χ0n) is 23.5. The van der Waals surface area contributed by atoms with Crippen molar-refractivity contribution in [3.8, 4) is 29.0 Å². The summed E-state index contributed by atoms with van der Waals surface area (Å²) in [7, 11) is -3.19. The van der Waals surface area contributed by atoms with Crippen LogP contribution in [0.5, 0.6) is 11.6 Å². The zero-order valence-corrected chi connectivity index (χ0v) is 24.3. The molecular formula is C32H33N5O3S. The number of anilines is 1. The third-order valence-corrected chi connectivity index (χ3v) is 8.38. The Bertz CT molecular complexity index is 1650. The Morgan fingerprint density at radius 2 is 1.63 bits per heavy atom. The Kier molecular flexibility index (Phi) is 8.34. The van der Waals surface area contributed by atoms with Crippen LogP contribution in [-0.2, 0) is 16.4 Å². The van der Waals surface area contributed by atoms with Gasteiger partial charge in [-0.2, -0.15) is 10.2 Å². The van der Waals surface area contributed by atoms with Gasteiger partial charge in [0.05, 0.1) is 22.2 Å². The van der Waals surface area contributed by atoms with Gasteiger partial charge in [-0.05, 0) is 67.6 Å². The smallest absolute Gasteiger partial charge is 0.226 e. The molecule has 0 aliphatic carbocycles. The second kappa shape index (κ2) is 12.1. The van der Waals surface area contributed by atoms with Gasteiger partial charge >= 0.3 is 0 Å². The number of nitriles is 1. The van der Waals surface area contributed by atoms with Gasteiger partial charge in [0.2, 0.25) is 11.8 Å². The zero-order chi connectivity index (χ0) is 29.0. The van der Waals surface area contributed by atoms with Crippen LogP contribution in [0.15, 0.2) is 77.7 Å². The molecule has 0 spiro atoms. The fourth-order valence-electron chi connectivity index (χ4n) is 5.10. The maximum Gasteiger partial charge on any atom is 0.226 e. The molecule has 4 aromatic rings. The number of rotatable bonds is 8. The predicted molar refractivity (Wildman–Crippen MR) is 160 cm³/mol. The fourth-order valence-corrected chi connectivity index (χ4v) is 5.73. The van der Waals surface area contributed by atoms with Crippen molar-refractivity contribution in [1.29, 1.82) is 5.26 Å². The van der Waals surface area contributed by atoms with E-state index >= 15 is 0 Å². The summed E-state index contributed by atoms with van der Waals surface area (Å²) in [6.07, 6.45) is 3.07. The highest BCUT2D eigenvalue weighted by Gasteiger charge is 2.21. The number of likely N-dealkylation sites (tertiary alicyclic amines) is 1. The molecule has 210 valence electrons. The number of hydrogen-bond acceptors (Lipinski definition) is 8. The third kappa shape index (κ3) is 7.09. The van der Waals surface area contributed by atoms with Gasteiger partial charge in [-0.3, -0.25) is 4.90 Å². The number of hydrogen-bond donors (Lipinski definition) is 1. The summed E-state index contributed by atoms with van der Waals surface area (Å²) in [6, 6.07) is 24.9. The van der Waals surface area contributed by atoms with Gasteiger partial charge in [-0.1, -0.05) is 42.5 Å². The lowest BCUT2D eigenvalue weighted by Crippen LogP contribution is -2.39. The summed E-state index contributed by atoms with van der Waals surface area (Å²) in [5.41, 5.74) is 5.16. The molecule has 1 aliphatic heterocycles. The molecule has 1 N–H and O–H groups in total. The second-order valence-corrected chi connectivity index (χ2v) is 12.6. The van der Waals surface area contributed by atoms with Crippen LogP contribution < -0.4 is 10.1 Å². The van der Waals surface area contributed by atoms with E-state index in [0.29, 0.717) is 28.0 Å². The summed E-state index contributed by atoms with van der Waals surface area (Å²) in [4.78, 5) is 12.3. The highest BCUT2D eigenvalue weighted by atomic mass is 32.2. The fraction of sp³-hybridized carbons (Fsp3) is 0.281. The summed E-state index contributed by atoms with van der Waals surface area (Å²) in [5, 5.41) is 12.8. The van der Waals surface area contributed by atoms with E-state index in [-0.39, 0.29) is 6.04 Å². The standard InChI is InChI=1S/C32H33N5O3S/c1-22-17-25(20-33)18-23(2)31(22)40-30-19-29(26-7-5-4-6-8-26)35-32(36-30)34-27-13-15-37(16-14-27)21-24-9-11-28(12-10-24)41(3,38)39/h4-12,17-19,27H,13-16,21H2,1-3H3,(H,34,35,36). The van der Waals surface area contributed by atoms with Gasteiger partial charge in [-0.25, -0.2) is 13.4 Å². The molecule has 0 atom stereocenters. The molecule has 41 heavy (non-hydrogen) atoms. The predicted octanol–water partition coefficient (Wildman–Crippen LogP) is 5.90. The van der Waals surface area contributed by atoms with Gasteiger partial charge in [0.15, 0.2) is 9.84 Å². The van der Waals surface area contributed by atoms with Gasteiger partial charge in [0.25, 0.3) is 0 Å². The number of nitrogens with zero attached hydrogens (tertiary/aromatic N) is 4. The maximum atomic E-state index is 11.7. The minimum atomic E-state index is -3.19. The molecule has 0 radical (unpaired) electrons. The van der Waals surface area contributed by atoms with E-state index in [2.05, 4.69) is 16.3 Å². The summed E-state index contributed by atoms with van der Waals surface area (Å²) in [6.45, 7) is 6.43. The maximum absolute atomic E-state index is 11.7. The number of piperidine rings is 1. The van der Waals surface area contributed by atoms with Crippen molar-refractivity contribution in [1.82, 2.24) is 14.9 Å². The van der Waals surface area contributed by atoms with Crippen LogP contribution in [0, 0.1) is 25.2 Å². The van der Waals surface area contributed by atoms with Crippen molar-refractivity contribution >= 4 is 15.8 Å². The molecule has 2 heterocycles. The van der Waals surface area contributed by atoms with E-state index in [1.807, 2.05) is 74.5 Å². The van der Waals surface area contributed by atoms with Gasteiger partial charge in [0, 0.05) is 43.6 Å². The highest BCUT2D eigenvalue weighted by molar-refractivity contribution is 7.90. The van der Waals surface area contributed by atoms with E-state index < -0.39 is 9.84 Å². The average molecular weight is 568 g/mol. The molecule has 3 aromatic carbocycles. The van der Waals surface area contributed by atoms with Crippen LogP contribution in [0.3, 0.4) is 0 Å². The van der Waals surface area contributed by atoms with Crippen LogP contribution >= 0.6 is 0 Å². The van der Waals surface area contributed by atoms with Crippen molar-refractivity contribution in [3.63, 3.8) is 0 Å². The monoisotopic (exact) mass is 567 g/mol. The molecule has 1 saturated heterocycles. The number of sulfone groups is 1. The van der Waals surface area contributed by atoms with Crippen LogP contribution in [0.1, 0.15) is 35.1 Å². The van der Waals surface area contributed by atoms with Crippen molar-refractivity contribution in [2.24, 2.45) is 0 Å². The highest BCUT2D eigenvalue weighted by Crippen LogP contribution is 2.32. The van der Waals surface area contributed by atoms with Gasteiger partial charge < -0.3 is 10.1 Å². The van der Waals surface area contributed by atoms with Crippen LogP contribution in [0.25, 0.3) is 11.3 Å². The number of aromatic nitrogens is 2. The minimum Gasteiger partial charge on any atom is -0.438 e. The molecule has 1 aromatic heterocycles. The Morgan fingerprint density at radius 3 is 2.24 bits per heavy atom. The topological polar surface area (TPSA) is 108 Å². The van der Waals surface area contributed by atoms with Gasteiger partial charge in [-0.15, -0.1) is 0 Å². The molecule has 0 unspecified atom stereocenters. The Hall–Kier alpha value is -4.26. The van der Waals surface area contributed by atoms with Gasteiger partial charge in [0.1, 0.15) is 5.75 Å². The van der Waals surface area contributed by atoms with E-state index in [4.69, 9.17) is 14.7 Å². The van der Waals surface area contributed by atoms with Crippen LogP contribution in [0.4, 0.5) is 5.95 Å². The lowest BCUT2D eigenvalue weighted by Gasteiger charge is -2.32. The average Bonchev–Trinajstić information content (AvgIpc) is 2.96. The van der Waals surface area contributed by atoms with E-state index in [9.17, 15) is 13.7 Å². The summed E-state index contributed by atoms with van der Waals surface area (Å²) in [5.74, 6) is 1.64. The Morgan fingerprint density at radius 1 is 0.976 bits per heavy atom. The van der Waals surface area contributed by atoms with E-state index in [1.165, 1.54) is 6.26 Å². The summed E-state index contributed by atoms with van der Waals surface area (Å²) < 4.78 is 29.8. The first-order chi connectivity index (χ1) is 19.7.